The van der Waals surface area contributed by atoms with E-state index in [9.17, 15) is 16.8 Å². The van der Waals surface area contributed by atoms with Crippen molar-refractivity contribution in [3.05, 3.63) is 29.8 Å². The van der Waals surface area contributed by atoms with E-state index in [2.05, 4.69) is 0 Å². The van der Waals surface area contributed by atoms with Crippen LogP contribution in [0.15, 0.2) is 29.2 Å². The predicted octanol–water partition coefficient (Wildman–Crippen LogP) is 1.79. The van der Waals surface area contributed by atoms with Crippen LogP contribution in [0.5, 0.6) is 0 Å². The lowest BCUT2D eigenvalue weighted by molar-refractivity contribution is 0.563. The van der Waals surface area contributed by atoms with Gasteiger partial charge in [-0.25, -0.2) is 16.8 Å². The van der Waals surface area contributed by atoms with Crippen LogP contribution in [0.1, 0.15) is 25.8 Å². The first kappa shape index (κ1) is 17.7. The van der Waals surface area contributed by atoms with Gasteiger partial charge in [0, 0.05) is 0 Å². The molecule has 0 amide bonds. The summed E-state index contributed by atoms with van der Waals surface area (Å²) in [6.07, 6.45) is 0.738. The van der Waals surface area contributed by atoms with Crippen molar-refractivity contribution in [2.75, 3.05) is 17.3 Å². The van der Waals surface area contributed by atoms with Crippen LogP contribution < -0.4 is 0 Å². The highest BCUT2D eigenvalue weighted by molar-refractivity contribution is 7.95. The summed E-state index contributed by atoms with van der Waals surface area (Å²) in [5.41, 5.74) is 0.360. The number of nitrogens with zero attached hydrogens (tertiary/aromatic N) is 1. The van der Waals surface area contributed by atoms with Gasteiger partial charge < -0.3 is 0 Å². The molecule has 0 radical (unpaired) electrons. The quantitative estimate of drug-likeness (QED) is 0.760. The highest BCUT2D eigenvalue weighted by Gasteiger charge is 2.21. The highest BCUT2D eigenvalue weighted by atomic mass is 32.2. The van der Waals surface area contributed by atoms with E-state index in [1.807, 2.05) is 19.9 Å². The molecule has 1 atom stereocenters. The molecule has 0 saturated heterocycles. The van der Waals surface area contributed by atoms with Crippen LogP contribution in [-0.4, -0.2) is 34.1 Å². The molecule has 0 spiro atoms. The van der Waals surface area contributed by atoms with Crippen LogP contribution >= 0.6 is 0 Å². The van der Waals surface area contributed by atoms with Crippen LogP contribution in [0, 0.1) is 17.2 Å². The second kappa shape index (κ2) is 7.05. The molecular weight excluding hydrogens is 310 g/mol. The van der Waals surface area contributed by atoms with Crippen molar-refractivity contribution >= 4 is 19.7 Å². The van der Waals surface area contributed by atoms with E-state index >= 15 is 0 Å². The summed E-state index contributed by atoms with van der Waals surface area (Å²) in [6.45, 7) is 3.72. The monoisotopic (exact) mass is 329 g/mol. The first-order chi connectivity index (χ1) is 9.70. The van der Waals surface area contributed by atoms with Gasteiger partial charge in [-0.15, -0.1) is 0 Å². The Hall–Kier alpha value is -1.39. The maximum absolute atomic E-state index is 12.1. The lowest BCUT2D eigenvalue weighted by atomic mass is 10.2. The third kappa shape index (κ3) is 5.48. The third-order valence-corrected chi connectivity index (χ3v) is 7.13. The Morgan fingerprint density at radius 3 is 2.14 bits per heavy atom. The highest BCUT2D eigenvalue weighted by Crippen LogP contribution is 2.14. The molecule has 0 aromatic heterocycles. The van der Waals surface area contributed by atoms with Gasteiger partial charge >= 0.3 is 0 Å². The van der Waals surface area contributed by atoms with Crippen LogP contribution in [0.3, 0.4) is 0 Å². The predicted molar refractivity (Wildman–Crippen MR) is 81.3 cm³/mol. The first-order valence-electron chi connectivity index (χ1n) is 6.63. The van der Waals surface area contributed by atoms with Crippen molar-refractivity contribution in [1.82, 2.24) is 0 Å². The zero-order valence-electron chi connectivity index (χ0n) is 12.1. The molecule has 7 heteroatoms. The number of nitriles is 1. The molecule has 0 bridgehead atoms. The van der Waals surface area contributed by atoms with E-state index < -0.39 is 25.4 Å². The summed E-state index contributed by atoms with van der Waals surface area (Å²) in [4.78, 5) is 0.0419. The van der Waals surface area contributed by atoms with Gasteiger partial charge in [-0.2, -0.15) is 5.26 Å². The number of hydrogen-bond acceptors (Lipinski definition) is 5. The summed E-state index contributed by atoms with van der Waals surface area (Å²) in [5, 5.41) is 8.67. The van der Waals surface area contributed by atoms with Crippen molar-refractivity contribution in [1.29, 1.82) is 5.26 Å². The Morgan fingerprint density at radius 1 is 1.10 bits per heavy atom. The molecule has 0 aliphatic heterocycles. The van der Waals surface area contributed by atoms with Gasteiger partial charge in [0.1, 0.15) is 0 Å². The van der Waals surface area contributed by atoms with Gasteiger partial charge in [-0.1, -0.05) is 20.3 Å². The fourth-order valence-corrected chi connectivity index (χ4v) is 5.68. The van der Waals surface area contributed by atoms with Gasteiger partial charge in [0.25, 0.3) is 0 Å². The number of hydrogen-bond donors (Lipinski definition) is 0. The van der Waals surface area contributed by atoms with E-state index in [-0.39, 0.29) is 22.3 Å². The Labute approximate surface area is 126 Å². The molecule has 0 aliphatic carbocycles. The van der Waals surface area contributed by atoms with Gasteiger partial charge in [0.05, 0.1) is 33.8 Å². The molecule has 0 N–H and O–H groups in total. The van der Waals surface area contributed by atoms with Gasteiger partial charge in [0.2, 0.25) is 0 Å². The minimum atomic E-state index is -3.65. The number of benzene rings is 1. The molecule has 5 nitrogen and oxygen atoms in total. The van der Waals surface area contributed by atoms with Crippen LogP contribution in [0.25, 0.3) is 0 Å². The van der Waals surface area contributed by atoms with Crippen LogP contribution in [-0.2, 0) is 19.7 Å². The van der Waals surface area contributed by atoms with E-state index in [4.69, 9.17) is 5.26 Å². The second-order valence-electron chi connectivity index (χ2n) is 5.08. The fourth-order valence-electron chi connectivity index (χ4n) is 1.73. The third-order valence-electron chi connectivity index (χ3n) is 3.24. The van der Waals surface area contributed by atoms with E-state index in [1.54, 1.807) is 0 Å². The largest absolute Gasteiger partial charge is 0.229 e. The topological polar surface area (TPSA) is 92.1 Å². The molecule has 1 rings (SSSR count). The molecule has 1 aromatic rings. The number of rotatable bonds is 7. The van der Waals surface area contributed by atoms with Crippen LogP contribution in [0.2, 0.25) is 0 Å². The normalized spacial score (nSPS) is 13.6. The summed E-state index contributed by atoms with van der Waals surface area (Å²) < 4.78 is 47.9. The summed E-state index contributed by atoms with van der Waals surface area (Å²) in [5.74, 6) is -0.781. The number of sulfone groups is 2. The van der Waals surface area contributed by atoms with Crippen molar-refractivity contribution in [2.45, 2.75) is 25.2 Å². The van der Waals surface area contributed by atoms with E-state index in [0.29, 0.717) is 5.56 Å². The van der Waals surface area contributed by atoms with E-state index in [0.717, 1.165) is 6.42 Å². The smallest absolute Gasteiger partial charge is 0.179 e. The van der Waals surface area contributed by atoms with Gasteiger partial charge in [0.15, 0.2) is 19.7 Å². The second-order valence-corrected chi connectivity index (χ2v) is 9.42. The minimum absolute atomic E-state index is 0.00634. The Bertz CT molecular complexity index is 713. The molecule has 1 unspecified atom stereocenters. The Balaban J connectivity index is 2.79. The maximum atomic E-state index is 12.1. The molecular formula is C14H19NO4S2. The van der Waals surface area contributed by atoms with E-state index in [1.165, 1.54) is 24.3 Å². The van der Waals surface area contributed by atoms with Gasteiger partial charge in [-0.3, -0.25) is 0 Å². The zero-order valence-corrected chi connectivity index (χ0v) is 13.7. The van der Waals surface area contributed by atoms with Crippen molar-refractivity contribution in [3.63, 3.8) is 0 Å². The lowest BCUT2D eigenvalue weighted by Crippen LogP contribution is -2.22. The average Bonchev–Trinajstić information content (AvgIpc) is 2.45. The minimum Gasteiger partial charge on any atom is -0.229 e. The average molecular weight is 329 g/mol. The molecule has 1 aromatic carbocycles. The molecule has 0 heterocycles. The Morgan fingerprint density at radius 2 is 1.67 bits per heavy atom. The Kier molecular flexibility index (Phi) is 5.93. The van der Waals surface area contributed by atoms with Crippen molar-refractivity contribution < 1.29 is 16.8 Å². The zero-order chi connectivity index (χ0) is 16.1. The molecule has 0 saturated carbocycles. The standard InChI is InChI=1S/C14H19NO4S2/c1-3-12(2)11-20(16,17)8-9-21(18,19)14-6-4-13(10-15)5-7-14/h4-7,12H,3,8-9,11H2,1-2H3. The molecule has 21 heavy (non-hydrogen) atoms. The van der Waals surface area contributed by atoms with Crippen molar-refractivity contribution in [3.8, 4) is 6.07 Å². The van der Waals surface area contributed by atoms with Crippen molar-refractivity contribution in [2.24, 2.45) is 5.92 Å². The summed E-state index contributed by atoms with van der Waals surface area (Å²) in [6, 6.07) is 7.36. The molecule has 116 valence electrons. The summed E-state index contributed by atoms with van der Waals surface area (Å²) >= 11 is 0. The fraction of sp³-hybridized carbons (Fsp3) is 0.500. The molecule has 0 fully saturated rings. The lowest BCUT2D eigenvalue weighted by Gasteiger charge is -2.10. The summed E-state index contributed by atoms with van der Waals surface area (Å²) in [7, 11) is -7.03. The van der Waals surface area contributed by atoms with Gasteiger partial charge in [-0.05, 0) is 30.2 Å². The molecule has 0 aliphatic rings. The first-order valence-corrected chi connectivity index (χ1v) is 10.1. The SMILES string of the molecule is CCC(C)CS(=O)(=O)CCS(=O)(=O)c1ccc(C#N)cc1. The maximum Gasteiger partial charge on any atom is 0.179 e. The van der Waals surface area contributed by atoms with Crippen LogP contribution in [0.4, 0.5) is 0 Å².